The molecule has 6 nitrogen and oxygen atoms in total. The van der Waals surface area contributed by atoms with Crippen LogP contribution in [-0.2, 0) is 6.54 Å². The third kappa shape index (κ3) is 3.37. The molecule has 27 heavy (non-hydrogen) atoms. The van der Waals surface area contributed by atoms with Crippen molar-refractivity contribution in [1.29, 1.82) is 0 Å². The molecule has 3 aromatic rings. The van der Waals surface area contributed by atoms with Crippen molar-refractivity contribution < 1.29 is 9.18 Å². The molecule has 1 unspecified atom stereocenters. The number of rotatable bonds is 5. The van der Waals surface area contributed by atoms with Crippen LogP contribution in [0.4, 0.5) is 4.39 Å². The first-order chi connectivity index (χ1) is 13.0. The molecule has 0 bridgehead atoms. The van der Waals surface area contributed by atoms with Gasteiger partial charge in [0.1, 0.15) is 17.3 Å². The van der Waals surface area contributed by atoms with Gasteiger partial charge in [-0.25, -0.2) is 9.37 Å². The number of likely N-dealkylation sites (tertiary alicyclic amines) is 1. The van der Waals surface area contributed by atoms with Crippen LogP contribution in [0.5, 0.6) is 0 Å². The summed E-state index contributed by atoms with van der Waals surface area (Å²) in [6, 6.07) is 8.12. The number of nitrogens with zero attached hydrogens (tertiary/aromatic N) is 4. The molecule has 1 fully saturated rings. The Balaban J connectivity index is 1.47. The van der Waals surface area contributed by atoms with Gasteiger partial charge in [0.2, 0.25) is 0 Å². The lowest BCUT2D eigenvalue weighted by molar-refractivity contribution is 0.0454. The first-order valence-corrected chi connectivity index (χ1v) is 9.14. The van der Waals surface area contributed by atoms with Crippen molar-refractivity contribution in [3.63, 3.8) is 0 Å². The number of H-pyrrole nitrogens is 1. The van der Waals surface area contributed by atoms with E-state index >= 15 is 0 Å². The molecular formula is C20H22FN5O. The number of aromatic nitrogens is 4. The molecule has 4 rings (SSSR count). The van der Waals surface area contributed by atoms with Crippen molar-refractivity contribution in [3.05, 3.63) is 71.3 Å². The van der Waals surface area contributed by atoms with Gasteiger partial charge in [-0.15, -0.1) is 0 Å². The summed E-state index contributed by atoms with van der Waals surface area (Å²) in [5.74, 6) is 0.944. The predicted octanol–water partition coefficient (Wildman–Crippen LogP) is 3.50. The maximum Gasteiger partial charge on any atom is 0.274 e. The van der Waals surface area contributed by atoms with E-state index in [0.29, 0.717) is 24.7 Å². The number of carbonyl (C=O) groups is 1. The standard InChI is InChI=1S/C20H22FN5O/c1-13(2)19-22-8-10-25(19)12-16-11-17(24-23-16)20(27)26-9-7-18(26)14-3-5-15(21)6-4-14/h3-6,8,10-11,13,18H,7,9,12H2,1-2H3,(H,23,24). The fourth-order valence-electron chi connectivity index (χ4n) is 3.50. The van der Waals surface area contributed by atoms with E-state index in [2.05, 4.69) is 33.6 Å². The normalized spacial score (nSPS) is 16.6. The van der Waals surface area contributed by atoms with Gasteiger partial charge in [0, 0.05) is 24.9 Å². The SMILES string of the molecule is CC(C)c1nccn1Cc1cc(C(=O)N2CCC2c2ccc(F)cc2)n[nH]1. The number of hydrogen-bond acceptors (Lipinski definition) is 3. The Kier molecular flexibility index (Phi) is 4.51. The van der Waals surface area contributed by atoms with E-state index in [-0.39, 0.29) is 17.8 Å². The number of benzene rings is 1. The molecule has 1 aliphatic heterocycles. The fraction of sp³-hybridized carbons (Fsp3) is 0.350. The lowest BCUT2D eigenvalue weighted by atomic mass is 9.94. The second-order valence-electron chi connectivity index (χ2n) is 7.20. The molecule has 1 amide bonds. The molecule has 7 heteroatoms. The molecule has 0 aliphatic carbocycles. The van der Waals surface area contributed by atoms with Crippen LogP contribution in [0.1, 0.15) is 59.8 Å². The number of aromatic amines is 1. The van der Waals surface area contributed by atoms with Crippen LogP contribution < -0.4 is 0 Å². The van der Waals surface area contributed by atoms with E-state index in [9.17, 15) is 9.18 Å². The van der Waals surface area contributed by atoms with Crippen molar-refractivity contribution in [2.45, 2.75) is 38.8 Å². The zero-order valence-corrected chi connectivity index (χ0v) is 15.4. The van der Waals surface area contributed by atoms with Gasteiger partial charge in [0.05, 0.1) is 18.3 Å². The lowest BCUT2D eigenvalue weighted by Crippen LogP contribution is -2.45. The number of nitrogens with one attached hydrogen (secondary N) is 1. The highest BCUT2D eigenvalue weighted by Gasteiger charge is 2.34. The summed E-state index contributed by atoms with van der Waals surface area (Å²) < 4.78 is 15.2. The van der Waals surface area contributed by atoms with Crippen LogP contribution in [0.15, 0.2) is 42.7 Å². The zero-order chi connectivity index (χ0) is 19.0. The van der Waals surface area contributed by atoms with E-state index < -0.39 is 0 Å². The minimum atomic E-state index is -0.270. The smallest absolute Gasteiger partial charge is 0.274 e. The van der Waals surface area contributed by atoms with Crippen LogP contribution in [0.3, 0.4) is 0 Å². The Morgan fingerprint density at radius 1 is 1.33 bits per heavy atom. The van der Waals surface area contributed by atoms with Crippen molar-refractivity contribution in [3.8, 4) is 0 Å². The Labute approximate surface area is 157 Å². The number of halogens is 1. The van der Waals surface area contributed by atoms with Crippen molar-refractivity contribution in [2.24, 2.45) is 0 Å². The van der Waals surface area contributed by atoms with Gasteiger partial charge in [-0.05, 0) is 30.2 Å². The largest absolute Gasteiger partial charge is 0.330 e. The maximum absolute atomic E-state index is 13.1. The highest BCUT2D eigenvalue weighted by Crippen LogP contribution is 2.34. The molecule has 0 saturated carbocycles. The molecule has 140 valence electrons. The van der Waals surface area contributed by atoms with Crippen LogP contribution in [0, 0.1) is 5.82 Å². The third-order valence-electron chi connectivity index (χ3n) is 4.99. The first-order valence-electron chi connectivity index (χ1n) is 9.14. The van der Waals surface area contributed by atoms with Gasteiger partial charge in [-0.1, -0.05) is 26.0 Å². The minimum Gasteiger partial charge on any atom is -0.330 e. The Bertz CT molecular complexity index is 943. The third-order valence-corrected chi connectivity index (χ3v) is 4.99. The van der Waals surface area contributed by atoms with Gasteiger partial charge in [0.25, 0.3) is 5.91 Å². The highest BCUT2D eigenvalue weighted by atomic mass is 19.1. The Morgan fingerprint density at radius 3 is 2.78 bits per heavy atom. The van der Waals surface area contributed by atoms with Crippen LogP contribution in [0.2, 0.25) is 0 Å². The number of carbonyl (C=O) groups excluding carboxylic acids is 1. The Morgan fingerprint density at radius 2 is 2.11 bits per heavy atom. The average molecular weight is 367 g/mol. The molecule has 1 aromatic carbocycles. The summed E-state index contributed by atoms with van der Waals surface area (Å²) in [5.41, 5.74) is 2.21. The minimum absolute atomic E-state index is 0.0144. The molecule has 1 atom stereocenters. The molecule has 0 radical (unpaired) electrons. The summed E-state index contributed by atoms with van der Waals surface area (Å²) in [7, 11) is 0. The Hall–Kier alpha value is -2.96. The van der Waals surface area contributed by atoms with E-state index in [4.69, 9.17) is 0 Å². The zero-order valence-electron chi connectivity index (χ0n) is 15.4. The predicted molar refractivity (Wildman–Crippen MR) is 98.8 cm³/mol. The van der Waals surface area contributed by atoms with E-state index in [1.165, 1.54) is 12.1 Å². The van der Waals surface area contributed by atoms with Crippen molar-refractivity contribution in [1.82, 2.24) is 24.6 Å². The van der Waals surface area contributed by atoms with Crippen LogP contribution >= 0.6 is 0 Å². The van der Waals surface area contributed by atoms with E-state index in [0.717, 1.165) is 23.5 Å². The van der Waals surface area contributed by atoms with E-state index in [1.54, 1.807) is 29.3 Å². The van der Waals surface area contributed by atoms with Gasteiger partial charge in [-0.3, -0.25) is 9.89 Å². The lowest BCUT2D eigenvalue weighted by Gasteiger charge is -2.41. The van der Waals surface area contributed by atoms with Gasteiger partial charge < -0.3 is 9.47 Å². The second-order valence-corrected chi connectivity index (χ2v) is 7.20. The topological polar surface area (TPSA) is 66.8 Å². The van der Waals surface area contributed by atoms with Gasteiger partial charge in [0.15, 0.2) is 0 Å². The summed E-state index contributed by atoms with van der Waals surface area (Å²) in [4.78, 5) is 19.0. The van der Waals surface area contributed by atoms with Crippen molar-refractivity contribution >= 4 is 5.91 Å². The summed E-state index contributed by atoms with van der Waals surface area (Å²) in [5, 5.41) is 7.17. The molecular weight excluding hydrogens is 345 g/mol. The van der Waals surface area contributed by atoms with Gasteiger partial charge >= 0.3 is 0 Å². The fourth-order valence-corrected chi connectivity index (χ4v) is 3.50. The van der Waals surface area contributed by atoms with Crippen LogP contribution in [-0.4, -0.2) is 37.1 Å². The molecule has 2 aromatic heterocycles. The molecule has 0 spiro atoms. The molecule has 1 saturated heterocycles. The second kappa shape index (κ2) is 6.98. The summed E-state index contributed by atoms with van der Waals surface area (Å²) in [6.45, 7) is 5.47. The van der Waals surface area contributed by atoms with Crippen LogP contribution in [0.25, 0.3) is 0 Å². The number of amides is 1. The van der Waals surface area contributed by atoms with E-state index in [1.807, 2.05) is 6.20 Å². The number of imidazole rings is 1. The first kappa shape index (κ1) is 17.5. The monoisotopic (exact) mass is 367 g/mol. The quantitative estimate of drug-likeness (QED) is 0.750. The summed E-state index contributed by atoms with van der Waals surface area (Å²) in [6.07, 6.45) is 4.59. The summed E-state index contributed by atoms with van der Waals surface area (Å²) >= 11 is 0. The van der Waals surface area contributed by atoms with Gasteiger partial charge in [-0.2, -0.15) is 5.10 Å². The van der Waals surface area contributed by atoms with Crippen molar-refractivity contribution in [2.75, 3.05) is 6.54 Å². The maximum atomic E-state index is 13.1. The highest BCUT2D eigenvalue weighted by molar-refractivity contribution is 5.93. The molecule has 1 N–H and O–H groups in total. The molecule has 3 heterocycles. The average Bonchev–Trinajstić information content (AvgIpc) is 3.26. The number of hydrogen-bond donors (Lipinski definition) is 1. The molecule has 1 aliphatic rings.